The Morgan fingerprint density at radius 1 is 1.15 bits per heavy atom. The van der Waals surface area contributed by atoms with Crippen molar-refractivity contribution in [1.82, 2.24) is 9.78 Å². The molecule has 1 heterocycles. The normalized spacial score (nSPS) is 10.6. The summed E-state index contributed by atoms with van der Waals surface area (Å²) in [6, 6.07) is 14.4. The van der Waals surface area contributed by atoms with Crippen molar-refractivity contribution in [2.24, 2.45) is 0 Å². The average Bonchev–Trinajstić information content (AvgIpc) is 2.88. The Bertz CT molecular complexity index is 1010. The number of methoxy groups -OCH3 is 1. The first-order valence-electron chi connectivity index (χ1n) is 8.63. The van der Waals surface area contributed by atoms with Crippen LogP contribution in [0.15, 0.2) is 36.4 Å². The van der Waals surface area contributed by atoms with Gasteiger partial charge in [-0.3, -0.25) is 4.68 Å². The van der Waals surface area contributed by atoms with Gasteiger partial charge in [-0.2, -0.15) is 10.4 Å². The monoisotopic (exact) mass is 343 g/mol. The molecule has 3 aromatic rings. The van der Waals surface area contributed by atoms with Crippen molar-refractivity contribution < 1.29 is 4.74 Å². The van der Waals surface area contributed by atoms with Crippen molar-refractivity contribution in [2.75, 3.05) is 7.11 Å². The van der Waals surface area contributed by atoms with Gasteiger partial charge in [-0.1, -0.05) is 23.7 Å². The van der Waals surface area contributed by atoms with Crippen LogP contribution in [0, 0.1) is 32.1 Å². The van der Waals surface area contributed by atoms with E-state index in [1.165, 1.54) is 5.46 Å². The maximum Gasteiger partial charge on any atom is 0.139 e. The Kier molecular flexibility index (Phi) is 4.86. The van der Waals surface area contributed by atoms with Crippen LogP contribution >= 0.6 is 0 Å². The second-order valence-electron chi connectivity index (χ2n) is 6.66. The second kappa shape index (κ2) is 7.09. The van der Waals surface area contributed by atoms with Gasteiger partial charge in [0.05, 0.1) is 31.0 Å². The fourth-order valence-electron chi connectivity index (χ4n) is 3.41. The number of nitrogens with zero attached hydrogens (tertiary/aromatic N) is 3. The number of benzene rings is 2. The summed E-state index contributed by atoms with van der Waals surface area (Å²) in [4.78, 5) is 0. The molecule has 5 heteroatoms. The maximum atomic E-state index is 9.15. The van der Waals surface area contributed by atoms with E-state index in [4.69, 9.17) is 15.1 Å². The zero-order valence-electron chi connectivity index (χ0n) is 15.9. The third kappa shape index (κ3) is 3.23. The van der Waals surface area contributed by atoms with Crippen LogP contribution in [0.2, 0.25) is 0 Å². The quantitative estimate of drug-likeness (QED) is 0.685. The van der Waals surface area contributed by atoms with E-state index in [9.17, 15) is 0 Å². The summed E-state index contributed by atoms with van der Waals surface area (Å²) in [5.74, 6) is 0.874. The predicted molar refractivity (Wildman–Crippen MR) is 107 cm³/mol. The number of hydrogen-bond acceptors (Lipinski definition) is 3. The average molecular weight is 343 g/mol. The Morgan fingerprint density at radius 2 is 1.92 bits per heavy atom. The van der Waals surface area contributed by atoms with Crippen LogP contribution in [-0.2, 0) is 6.54 Å². The van der Waals surface area contributed by atoms with Crippen LogP contribution in [0.5, 0.6) is 5.75 Å². The van der Waals surface area contributed by atoms with Crippen LogP contribution in [-0.4, -0.2) is 24.7 Å². The summed E-state index contributed by atoms with van der Waals surface area (Å²) in [5.41, 5.74) is 8.32. The molecule has 0 bridgehead atoms. The van der Waals surface area contributed by atoms with Gasteiger partial charge < -0.3 is 4.74 Å². The van der Waals surface area contributed by atoms with Crippen molar-refractivity contribution in [2.45, 2.75) is 27.3 Å². The molecule has 0 unspecified atom stereocenters. The van der Waals surface area contributed by atoms with Gasteiger partial charge in [-0.05, 0) is 50.1 Å². The van der Waals surface area contributed by atoms with Crippen molar-refractivity contribution in [3.63, 3.8) is 0 Å². The van der Waals surface area contributed by atoms with Gasteiger partial charge in [0, 0.05) is 16.8 Å². The highest BCUT2D eigenvalue weighted by atomic mass is 16.5. The minimum absolute atomic E-state index is 0.660. The van der Waals surface area contributed by atoms with E-state index < -0.39 is 0 Å². The zero-order valence-corrected chi connectivity index (χ0v) is 15.9. The lowest BCUT2D eigenvalue weighted by Crippen LogP contribution is -2.10. The summed E-state index contributed by atoms with van der Waals surface area (Å²) in [6.07, 6.45) is 0. The summed E-state index contributed by atoms with van der Waals surface area (Å²) < 4.78 is 7.53. The zero-order chi connectivity index (χ0) is 18.8. The summed E-state index contributed by atoms with van der Waals surface area (Å²) in [7, 11) is 3.77. The van der Waals surface area contributed by atoms with E-state index in [0.717, 1.165) is 39.4 Å². The fraction of sp³-hybridized carbons (Fsp3) is 0.238. The van der Waals surface area contributed by atoms with Crippen molar-refractivity contribution in [1.29, 1.82) is 5.26 Å². The van der Waals surface area contributed by atoms with Gasteiger partial charge in [0.25, 0.3) is 0 Å². The minimum Gasteiger partial charge on any atom is -0.496 e. The molecule has 0 amide bonds. The molecule has 0 saturated heterocycles. The molecular formula is C21H22BN3O. The summed E-state index contributed by atoms with van der Waals surface area (Å²) in [6.45, 7) is 6.74. The van der Waals surface area contributed by atoms with Crippen LogP contribution in [0.1, 0.15) is 28.1 Å². The highest BCUT2D eigenvalue weighted by molar-refractivity contribution is 6.32. The first-order valence-corrected chi connectivity index (χ1v) is 8.63. The van der Waals surface area contributed by atoms with E-state index in [-0.39, 0.29) is 0 Å². The first kappa shape index (κ1) is 17.8. The van der Waals surface area contributed by atoms with E-state index in [2.05, 4.69) is 39.0 Å². The largest absolute Gasteiger partial charge is 0.496 e. The maximum absolute atomic E-state index is 9.15. The molecule has 0 radical (unpaired) electrons. The van der Waals surface area contributed by atoms with Gasteiger partial charge in [-0.25, -0.2) is 0 Å². The molecule has 3 rings (SSSR count). The fourth-order valence-corrected chi connectivity index (χ4v) is 3.41. The third-order valence-corrected chi connectivity index (χ3v) is 4.77. The first-order chi connectivity index (χ1) is 12.4. The van der Waals surface area contributed by atoms with Crippen LogP contribution in [0.3, 0.4) is 0 Å². The Balaban J connectivity index is 2.03. The van der Waals surface area contributed by atoms with Gasteiger partial charge in [0.1, 0.15) is 13.6 Å². The van der Waals surface area contributed by atoms with Crippen molar-refractivity contribution >= 4 is 13.3 Å². The topological polar surface area (TPSA) is 50.8 Å². The molecule has 130 valence electrons. The Hall–Kier alpha value is -3.00. The number of ether oxygens (including phenoxy) is 1. The van der Waals surface area contributed by atoms with E-state index in [1.54, 1.807) is 7.11 Å². The highest BCUT2D eigenvalue weighted by Gasteiger charge is 2.16. The van der Waals surface area contributed by atoms with Gasteiger partial charge >= 0.3 is 0 Å². The molecule has 0 saturated carbocycles. The molecule has 26 heavy (non-hydrogen) atoms. The second-order valence-corrected chi connectivity index (χ2v) is 6.66. The summed E-state index contributed by atoms with van der Waals surface area (Å²) in [5, 5.41) is 13.9. The standard InChI is InChI=1S/C21H22BN3O/c1-13-9-16(5-6-17(13)11-23)21-14(2)24-25(15(21)3)12-18-10-19(22)7-8-20(18)26-4/h5-10H,12,22H2,1-4H3. The smallest absolute Gasteiger partial charge is 0.139 e. The SMILES string of the molecule is Bc1ccc(OC)c(Cn2nc(C)c(-c3ccc(C#N)c(C)c3)c2C)c1. The van der Waals surface area contributed by atoms with Crippen molar-refractivity contribution in [3.8, 4) is 22.9 Å². The molecule has 2 aromatic carbocycles. The van der Waals surface area contributed by atoms with Gasteiger partial charge in [0.2, 0.25) is 0 Å². The molecule has 4 nitrogen and oxygen atoms in total. The van der Waals surface area contributed by atoms with E-state index in [1.807, 2.05) is 36.7 Å². The lowest BCUT2D eigenvalue weighted by atomic mass is 9.94. The van der Waals surface area contributed by atoms with Crippen LogP contribution in [0.4, 0.5) is 0 Å². The molecule has 0 spiro atoms. The Morgan fingerprint density at radius 3 is 2.58 bits per heavy atom. The molecule has 1 aromatic heterocycles. The number of nitriles is 1. The predicted octanol–water partition coefficient (Wildman–Crippen LogP) is 2.66. The van der Waals surface area contributed by atoms with Gasteiger partial charge in [-0.15, -0.1) is 0 Å². The molecular weight excluding hydrogens is 321 g/mol. The molecule has 0 N–H and O–H groups in total. The molecule has 0 fully saturated rings. The number of aromatic nitrogens is 2. The molecule has 0 aliphatic carbocycles. The third-order valence-electron chi connectivity index (χ3n) is 4.77. The lowest BCUT2D eigenvalue weighted by Gasteiger charge is -2.11. The molecule has 0 aliphatic heterocycles. The Labute approximate surface area is 155 Å². The minimum atomic E-state index is 0.660. The van der Waals surface area contributed by atoms with Crippen LogP contribution < -0.4 is 10.2 Å². The van der Waals surface area contributed by atoms with Gasteiger partial charge in [0.15, 0.2) is 0 Å². The summed E-state index contributed by atoms with van der Waals surface area (Å²) >= 11 is 0. The van der Waals surface area contributed by atoms with E-state index in [0.29, 0.717) is 12.1 Å². The van der Waals surface area contributed by atoms with Crippen molar-refractivity contribution in [3.05, 3.63) is 64.5 Å². The van der Waals surface area contributed by atoms with E-state index >= 15 is 0 Å². The highest BCUT2D eigenvalue weighted by Crippen LogP contribution is 2.29. The molecule has 0 atom stereocenters. The lowest BCUT2D eigenvalue weighted by molar-refractivity contribution is 0.407. The van der Waals surface area contributed by atoms with Crippen LogP contribution in [0.25, 0.3) is 11.1 Å². The number of aryl methyl sites for hydroxylation is 2. The number of hydrogen-bond donors (Lipinski definition) is 0. The number of rotatable bonds is 4. The molecule has 0 aliphatic rings.